The predicted octanol–water partition coefficient (Wildman–Crippen LogP) is 1.99. The molecule has 2 heteroatoms. The van der Waals surface area contributed by atoms with Crippen molar-refractivity contribution in [3.05, 3.63) is 0 Å². The van der Waals surface area contributed by atoms with Crippen molar-refractivity contribution in [2.45, 2.75) is 58.0 Å². The summed E-state index contributed by atoms with van der Waals surface area (Å²) in [7, 11) is 0. The van der Waals surface area contributed by atoms with Gasteiger partial charge in [0.1, 0.15) is 0 Å². The second-order valence-electron chi connectivity index (χ2n) is 4.74. The molecule has 0 aromatic carbocycles. The van der Waals surface area contributed by atoms with Gasteiger partial charge >= 0.3 is 0 Å². The van der Waals surface area contributed by atoms with Gasteiger partial charge in [-0.25, -0.2) is 0 Å². The van der Waals surface area contributed by atoms with Gasteiger partial charge in [-0.15, -0.1) is 0 Å². The zero-order chi connectivity index (χ0) is 9.90. The van der Waals surface area contributed by atoms with Crippen molar-refractivity contribution in [1.82, 2.24) is 4.90 Å². The van der Waals surface area contributed by atoms with Crippen molar-refractivity contribution >= 4 is 0 Å². The van der Waals surface area contributed by atoms with Crippen LogP contribution in [0, 0.1) is 0 Å². The molecule has 13 heavy (non-hydrogen) atoms. The number of nitrogens with two attached hydrogens (primary N) is 1. The normalized spacial score (nSPS) is 23.8. The smallest absolute Gasteiger partial charge is 0.0178 e. The maximum Gasteiger partial charge on any atom is 0.0178 e. The van der Waals surface area contributed by atoms with Crippen LogP contribution in [0.4, 0.5) is 0 Å². The van der Waals surface area contributed by atoms with E-state index >= 15 is 0 Å². The minimum Gasteiger partial charge on any atom is -0.325 e. The molecule has 1 saturated heterocycles. The molecule has 1 aliphatic rings. The number of rotatable bonds is 3. The van der Waals surface area contributed by atoms with Gasteiger partial charge in [-0.3, -0.25) is 0 Å². The van der Waals surface area contributed by atoms with Crippen molar-refractivity contribution < 1.29 is 0 Å². The third-order valence-corrected chi connectivity index (χ3v) is 3.27. The van der Waals surface area contributed by atoms with E-state index in [1.807, 2.05) is 0 Å². The molecule has 0 spiro atoms. The highest BCUT2D eigenvalue weighted by molar-refractivity contribution is 4.90. The summed E-state index contributed by atoms with van der Waals surface area (Å²) >= 11 is 0. The minimum absolute atomic E-state index is 0.153. The number of likely N-dealkylation sites (tertiary alicyclic amines) is 1. The van der Waals surface area contributed by atoms with Gasteiger partial charge < -0.3 is 10.6 Å². The molecule has 0 bridgehead atoms. The van der Waals surface area contributed by atoms with Gasteiger partial charge in [0.25, 0.3) is 0 Å². The lowest BCUT2D eigenvalue weighted by molar-refractivity contribution is 0.126. The molecule has 0 aromatic rings. The lowest BCUT2D eigenvalue weighted by Gasteiger charge is -2.41. The fourth-order valence-electron chi connectivity index (χ4n) is 2.23. The maximum absolute atomic E-state index is 6.31. The van der Waals surface area contributed by atoms with Crippen LogP contribution in [0.15, 0.2) is 0 Å². The van der Waals surface area contributed by atoms with Gasteiger partial charge in [-0.1, -0.05) is 13.3 Å². The third kappa shape index (κ3) is 2.96. The summed E-state index contributed by atoms with van der Waals surface area (Å²) in [5.41, 5.74) is 6.46. The van der Waals surface area contributed by atoms with Crippen molar-refractivity contribution in [3.8, 4) is 0 Å². The summed E-state index contributed by atoms with van der Waals surface area (Å²) in [5, 5.41) is 0. The van der Waals surface area contributed by atoms with E-state index in [2.05, 4.69) is 25.7 Å². The van der Waals surface area contributed by atoms with Crippen molar-refractivity contribution in [2.24, 2.45) is 5.73 Å². The first kappa shape index (κ1) is 11.0. The van der Waals surface area contributed by atoms with E-state index in [4.69, 9.17) is 5.73 Å². The first-order valence-corrected chi connectivity index (χ1v) is 5.60. The molecule has 1 rings (SSSR count). The standard InChI is InChI=1S/C11H24N2/c1-4-5-11(12)6-8-13(9-7-11)10(2)3/h10H,4-9,12H2,1-3H3. The molecule has 1 heterocycles. The van der Waals surface area contributed by atoms with Gasteiger partial charge in [0.05, 0.1) is 0 Å². The lowest BCUT2D eigenvalue weighted by atomic mass is 9.84. The van der Waals surface area contributed by atoms with E-state index in [9.17, 15) is 0 Å². The average Bonchev–Trinajstić information content (AvgIpc) is 2.05. The average molecular weight is 184 g/mol. The van der Waals surface area contributed by atoms with E-state index < -0.39 is 0 Å². The topological polar surface area (TPSA) is 29.3 Å². The Morgan fingerprint density at radius 3 is 2.23 bits per heavy atom. The Labute approximate surface area is 82.5 Å². The Balaban J connectivity index is 2.37. The van der Waals surface area contributed by atoms with E-state index in [0.29, 0.717) is 6.04 Å². The highest BCUT2D eigenvalue weighted by atomic mass is 15.2. The first-order valence-electron chi connectivity index (χ1n) is 5.60. The van der Waals surface area contributed by atoms with Crippen LogP contribution in [0.2, 0.25) is 0 Å². The molecule has 0 aromatic heterocycles. The van der Waals surface area contributed by atoms with Crippen LogP contribution in [-0.2, 0) is 0 Å². The number of hydrogen-bond acceptors (Lipinski definition) is 2. The van der Waals surface area contributed by atoms with Gasteiger partial charge in [-0.2, -0.15) is 0 Å². The molecule has 78 valence electrons. The molecule has 2 N–H and O–H groups in total. The Bertz CT molecular complexity index is 146. The zero-order valence-electron chi connectivity index (χ0n) is 9.34. The lowest BCUT2D eigenvalue weighted by Crippen LogP contribution is -2.51. The molecule has 0 amide bonds. The summed E-state index contributed by atoms with van der Waals surface area (Å²) in [6.45, 7) is 9.14. The van der Waals surface area contributed by atoms with Crippen LogP contribution in [0.5, 0.6) is 0 Å². The maximum atomic E-state index is 6.31. The quantitative estimate of drug-likeness (QED) is 0.727. The second kappa shape index (κ2) is 4.43. The number of hydrogen-bond donors (Lipinski definition) is 1. The Morgan fingerprint density at radius 2 is 1.85 bits per heavy atom. The van der Waals surface area contributed by atoms with Gasteiger partial charge in [0.15, 0.2) is 0 Å². The molecule has 0 unspecified atom stereocenters. The Kier molecular flexibility index (Phi) is 3.74. The third-order valence-electron chi connectivity index (χ3n) is 3.27. The molecular formula is C11H24N2. The molecule has 0 aliphatic carbocycles. The fourth-order valence-corrected chi connectivity index (χ4v) is 2.23. The van der Waals surface area contributed by atoms with Crippen LogP contribution < -0.4 is 5.73 Å². The molecule has 1 fully saturated rings. The van der Waals surface area contributed by atoms with Crippen molar-refractivity contribution in [2.75, 3.05) is 13.1 Å². The molecular weight excluding hydrogens is 160 g/mol. The van der Waals surface area contributed by atoms with E-state index in [-0.39, 0.29) is 5.54 Å². The summed E-state index contributed by atoms with van der Waals surface area (Å²) < 4.78 is 0. The van der Waals surface area contributed by atoms with E-state index in [1.165, 1.54) is 38.8 Å². The van der Waals surface area contributed by atoms with Crippen LogP contribution in [0.25, 0.3) is 0 Å². The summed E-state index contributed by atoms with van der Waals surface area (Å²) in [6.07, 6.45) is 4.77. The number of nitrogens with zero attached hydrogens (tertiary/aromatic N) is 1. The molecule has 0 radical (unpaired) electrons. The highest BCUT2D eigenvalue weighted by Gasteiger charge is 2.30. The highest BCUT2D eigenvalue weighted by Crippen LogP contribution is 2.25. The second-order valence-corrected chi connectivity index (χ2v) is 4.74. The summed E-state index contributed by atoms with van der Waals surface area (Å²) in [6, 6.07) is 0.686. The van der Waals surface area contributed by atoms with Gasteiger partial charge in [0.2, 0.25) is 0 Å². The molecule has 0 saturated carbocycles. The van der Waals surface area contributed by atoms with Gasteiger partial charge in [-0.05, 0) is 33.1 Å². The first-order chi connectivity index (χ1) is 6.07. The summed E-state index contributed by atoms with van der Waals surface area (Å²) in [5.74, 6) is 0. The minimum atomic E-state index is 0.153. The SMILES string of the molecule is CCCC1(N)CCN(C(C)C)CC1. The number of piperidine rings is 1. The summed E-state index contributed by atoms with van der Waals surface area (Å²) in [4.78, 5) is 2.53. The van der Waals surface area contributed by atoms with Crippen LogP contribution in [0.3, 0.4) is 0 Å². The van der Waals surface area contributed by atoms with Crippen LogP contribution in [-0.4, -0.2) is 29.6 Å². The largest absolute Gasteiger partial charge is 0.325 e. The molecule has 0 atom stereocenters. The van der Waals surface area contributed by atoms with Gasteiger partial charge in [0, 0.05) is 24.7 Å². The van der Waals surface area contributed by atoms with Crippen molar-refractivity contribution in [1.29, 1.82) is 0 Å². The van der Waals surface area contributed by atoms with E-state index in [0.717, 1.165) is 0 Å². The van der Waals surface area contributed by atoms with Crippen LogP contribution in [0.1, 0.15) is 46.5 Å². The molecule has 2 nitrogen and oxygen atoms in total. The van der Waals surface area contributed by atoms with Crippen LogP contribution >= 0.6 is 0 Å². The predicted molar refractivity (Wildman–Crippen MR) is 57.8 cm³/mol. The van der Waals surface area contributed by atoms with E-state index in [1.54, 1.807) is 0 Å². The monoisotopic (exact) mass is 184 g/mol. The Hall–Kier alpha value is -0.0800. The fraction of sp³-hybridized carbons (Fsp3) is 1.00. The van der Waals surface area contributed by atoms with Crippen molar-refractivity contribution in [3.63, 3.8) is 0 Å². The Morgan fingerprint density at radius 1 is 1.31 bits per heavy atom. The molecule has 1 aliphatic heterocycles. The zero-order valence-corrected chi connectivity index (χ0v) is 9.34.